The van der Waals surface area contributed by atoms with Crippen LogP contribution in [0.4, 0.5) is 0 Å². The minimum atomic E-state index is 0.646. The van der Waals surface area contributed by atoms with Crippen molar-refractivity contribution in [2.24, 2.45) is 0 Å². The first kappa shape index (κ1) is 8.58. The second-order valence-electron chi connectivity index (χ2n) is 2.59. The molecule has 0 aliphatic rings. The Morgan fingerprint density at radius 3 is 3.08 bits per heavy atom. The average Bonchev–Trinajstić information content (AvgIpc) is 2.70. The van der Waals surface area contributed by atoms with Gasteiger partial charge in [0.05, 0.1) is 6.54 Å². The van der Waals surface area contributed by atoms with E-state index in [-0.39, 0.29) is 0 Å². The fourth-order valence-electron chi connectivity index (χ4n) is 1.05. The molecule has 2 heterocycles. The van der Waals surface area contributed by atoms with Crippen LogP contribution in [0.3, 0.4) is 0 Å². The first-order valence-corrected chi connectivity index (χ1v) is 5.06. The molecule has 0 bridgehead atoms. The predicted octanol–water partition coefficient (Wildman–Crippen LogP) is 1.75. The molecule has 68 valence electrons. The molecule has 0 amide bonds. The number of aromatic nitrogens is 4. The van der Waals surface area contributed by atoms with Gasteiger partial charge in [-0.25, -0.2) is 4.98 Å². The van der Waals surface area contributed by atoms with E-state index in [4.69, 9.17) is 12.2 Å². The molecule has 6 heteroatoms. The summed E-state index contributed by atoms with van der Waals surface area (Å²) in [6, 6.07) is 0. The Morgan fingerprint density at radius 1 is 1.69 bits per heavy atom. The van der Waals surface area contributed by atoms with Gasteiger partial charge >= 0.3 is 0 Å². The van der Waals surface area contributed by atoms with Gasteiger partial charge in [0.2, 0.25) is 0 Å². The van der Waals surface area contributed by atoms with Crippen molar-refractivity contribution in [2.45, 2.75) is 13.5 Å². The van der Waals surface area contributed by atoms with Gasteiger partial charge < -0.3 is 0 Å². The Morgan fingerprint density at radius 2 is 2.54 bits per heavy atom. The molecule has 2 aromatic heterocycles. The monoisotopic (exact) mass is 212 g/mol. The quantitative estimate of drug-likeness (QED) is 0.771. The average molecular weight is 212 g/mol. The van der Waals surface area contributed by atoms with E-state index in [9.17, 15) is 0 Å². The number of aromatic amines is 1. The molecular formula is C7H8N4S2. The van der Waals surface area contributed by atoms with Gasteiger partial charge in [0.15, 0.2) is 4.77 Å². The lowest BCUT2D eigenvalue weighted by Gasteiger charge is -1.98. The molecule has 4 nitrogen and oxygen atoms in total. The van der Waals surface area contributed by atoms with Gasteiger partial charge in [0, 0.05) is 11.6 Å². The normalized spacial score (nSPS) is 10.5. The summed E-state index contributed by atoms with van der Waals surface area (Å²) in [6.07, 6.45) is 1.79. The molecular weight excluding hydrogens is 204 g/mol. The van der Waals surface area contributed by atoms with E-state index in [1.807, 2.05) is 16.9 Å². The molecule has 0 aliphatic carbocycles. The van der Waals surface area contributed by atoms with Crippen molar-refractivity contribution in [1.82, 2.24) is 19.7 Å². The van der Waals surface area contributed by atoms with Gasteiger partial charge in [-0.1, -0.05) is 0 Å². The third-order valence-electron chi connectivity index (χ3n) is 1.73. The van der Waals surface area contributed by atoms with E-state index in [1.54, 1.807) is 17.5 Å². The minimum absolute atomic E-state index is 0.646. The second-order valence-corrected chi connectivity index (χ2v) is 3.95. The van der Waals surface area contributed by atoms with E-state index in [0.29, 0.717) is 11.3 Å². The second kappa shape index (κ2) is 3.39. The Labute approximate surface area is 84.3 Å². The number of thiazole rings is 1. The zero-order chi connectivity index (χ0) is 9.26. The summed E-state index contributed by atoms with van der Waals surface area (Å²) in [5.41, 5.74) is 0. The van der Waals surface area contributed by atoms with Crippen molar-refractivity contribution in [3.63, 3.8) is 0 Å². The van der Waals surface area contributed by atoms with Crippen molar-refractivity contribution in [3.8, 4) is 0 Å². The van der Waals surface area contributed by atoms with Crippen LogP contribution in [0.2, 0.25) is 0 Å². The molecule has 0 fully saturated rings. The molecule has 0 radical (unpaired) electrons. The van der Waals surface area contributed by atoms with Gasteiger partial charge in [0.1, 0.15) is 10.8 Å². The molecule has 0 atom stereocenters. The third kappa shape index (κ3) is 1.68. The summed E-state index contributed by atoms with van der Waals surface area (Å²) in [5.74, 6) is 0.889. The van der Waals surface area contributed by atoms with Crippen LogP contribution in [0.25, 0.3) is 0 Å². The Bertz CT molecular complexity index is 439. The summed E-state index contributed by atoms with van der Waals surface area (Å²) in [4.78, 5) is 4.18. The van der Waals surface area contributed by atoms with Crippen LogP contribution in [0.5, 0.6) is 0 Å². The summed E-state index contributed by atoms with van der Waals surface area (Å²) >= 11 is 6.69. The summed E-state index contributed by atoms with van der Waals surface area (Å²) < 4.78 is 2.57. The molecule has 2 rings (SSSR count). The van der Waals surface area contributed by atoms with Crippen LogP contribution >= 0.6 is 23.6 Å². The van der Waals surface area contributed by atoms with Gasteiger partial charge in [-0.2, -0.15) is 5.10 Å². The lowest BCUT2D eigenvalue weighted by Crippen LogP contribution is -2.01. The number of nitrogens with one attached hydrogen (secondary N) is 1. The third-order valence-corrected chi connectivity index (χ3v) is 2.80. The number of nitrogens with zero attached hydrogens (tertiary/aromatic N) is 3. The van der Waals surface area contributed by atoms with Crippen LogP contribution in [0.15, 0.2) is 11.6 Å². The highest BCUT2D eigenvalue weighted by Gasteiger charge is 2.02. The van der Waals surface area contributed by atoms with E-state index in [1.165, 1.54) is 0 Å². The maximum atomic E-state index is 5.07. The van der Waals surface area contributed by atoms with Gasteiger partial charge in [-0.3, -0.25) is 9.67 Å². The topological polar surface area (TPSA) is 46.5 Å². The first-order valence-electron chi connectivity index (χ1n) is 3.77. The zero-order valence-electron chi connectivity index (χ0n) is 7.02. The van der Waals surface area contributed by atoms with E-state index in [2.05, 4.69) is 15.2 Å². The summed E-state index contributed by atoms with van der Waals surface area (Å²) in [5, 5.41) is 9.76. The highest BCUT2D eigenvalue weighted by Crippen LogP contribution is 2.07. The number of H-pyrrole nitrogens is 1. The number of hydrogen-bond acceptors (Lipinski definition) is 4. The molecule has 0 spiro atoms. The highest BCUT2D eigenvalue weighted by molar-refractivity contribution is 7.71. The Balaban J connectivity index is 2.33. The van der Waals surface area contributed by atoms with E-state index < -0.39 is 0 Å². The molecule has 1 N–H and O–H groups in total. The van der Waals surface area contributed by atoms with Gasteiger partial charge in [-0.05, 0) is 19.1 Å². The molecule has 0 saturated carbocycles. The van der Waals surface area contributed by atoms with Crippen molar-refractivity contribution < 1.29 is 0 Å². The van der Waals surface area contributed by atoms with Crippen molar-refractivity contribution in [2.75, 3.05) is 0 Å². The molecule has 13 heavy (non-hydrogen) atoms. The van der Waals surface area contributed by atoms with Gasteiger partial charge in [0.25, 0.3) is 0 Å². The van der Waals surface area contributed by atoms with Crippen LogP contribution in [0, 0.1) is 11.7 Å². The molecule has 0 saturated heterocycles. The highest BCUT2D eigenvalue weighted by atomic mass is 32.1. The maximum Gasteiger partial charge on any atom is 0.195 e. The number of rotatable bonds is 2. The van der Waals surface area contributed by atoms with Crippen LogP contribution < -0.4 is 0 Å². The largest absolute Gasteiger partial charge is 0.297 e. The van der Waals surface area contributed by atoms with E-state index >= 15 is 0 Å². The van der Waals surface area contributed by atoms with Crippen LogP contribution in [-0.4, -0.2) is 19.7 Å². The van der Waals surface area contributed by atoms with Gasteiger partial charge in [-0.15, -0.1) is 11.3 Å². The molecule has 0 unspecified atom stereocenters. The standard InChI is InChI=1S/C7H8N4S2/c1-5-9-10-7(12)11(5)4-6-8-2-3-13-6/h2-3H,4H2,1H3,(H,10,12). The Hall–Kier alpha value is -1.01. The molecule has 2 aromatic rings. The van der Waals surface area contributed by atoms with Crippen molar-refractivity contribution >= 4 is 23.6 Å². The maximum absolute atomic E-state index is 5.07. The van der Waals surface area contributed by atoms with Crippen molar-refractivity contribution in [3.05, 3.63) is 27.2 Å². The van der Waals surface area contributed by atoms with E-state index in [0.717, 1.165) is 10.8 Å². The summed E-state index contributed by atoms with van der Waals surface area (Å²) in [6.45, 7) is 2.62. The lowest BCUT2D eigenvalue weighted by molar-refractivity contribution is 0.746. The fraction of sp³-hybridized carbons (Fsp3) is 0.286. The predicted molar refractivity (Wildman–Crippen MR) is 53.4 cm³/mol. The SMILES string of the molecule is Cc1n[nH]c(=S)n1Cc1nccs1. The lowest BCUT2D eigenvalue weighted by atomic mass is 10.6. The van der Waals surface area contributed by atoms with Crippen LogP contribution in [0.1, 0.15) is 10.8 Å². The smallest absolute Gasteiger partial charge is 0.195 e. The summed E-state index contributed by atoms with van der Waals surface area (Å²) in [7, 11) is 0. The minimum Gasteiger partial charge on any atom is -0.297 e. The number of hydrogen-bond donors (Lipinski definition) is 1. The fourth-order valence-corrected chi connectivity index (χ4v) is 1.90. The van der Waals surface area contributed by atoms with Crippen LogP contribution in [-0.2, 0) is 6.54 Å². The molecule has 0 aromatic carbocycles. The first-order chi connectivity index (χ1) is 6.27. The number of aryl methyl sites for hydroxylation is 1. The van der Waals surface area contributed by atoms with Crippen molar-refractivity contribution in [1.29, 1.82) is 0 Å². The molecule has 0 aliphatic heterocycles. The zero-order valence-corrected chi connectivity index (χ0v) is 8.65. The Kier molecular flexibility index (Phi) is 2.24.